The summed E-state index contributed by atoms with van der Waals surface area (Å²) in [6.07, 6.45) is 3.36. The number of urea groups is 1. The fraction of sp³-hybridized carbons (Fsp3) is 0.471. The van der Waals surface area contributed by atoms with Gasteiger partial charge in [-0.3, -0.25) is 14.5 Å². The summed E-state index contributed by atoms with van der Waals surface area (Å²) in [4.78, 5) is 37.8. The number of imide groups is 1. The predicted molar refractivity (Wildman–Crippen MR) is 95.9 cm³/mol. The first kappa shape index (κ1) is 17.6. The fourth-order valence-corrected chi connectivity index (χ4v) is 4.11. The van der Waals surface area contributed by atoms with E-state index in [1.54, 1.807) is 18.2 Å². The maximum Gasteiger partial charge on any atom is 0.319 e. The highest BCUT2D eigenvalue weighted by Gasteiger charge is 2.41. The summed E-state index contributed by atoms with van der Waals surface area (Å²) >= 11 is 1.03. The maximum absolute atomic E-state index is 12.4. The van der Waals surface area contributed by atoms with Crippen LogP contribution in [0, 0.1) is 0 Å². The largest absolute Gasteiger partial charge is 0.495 e. The lowest BCUT2D eigenvalue weighted by Gasteiger charge is -2.36. The second-order valence-corrected chi connectivity index (χ2v) is 7.00. The van der Waals surface area contributed by atoms with Gasteiger partial charge < -0.3 is 15.4 Å². The molecule has 4 amide bonds. The lowest BCUT2D eigenvalue weighted by Crippen LogP contribution is -2.55. The molecule has 1 heterocycles. The van der Waals surface area contributed by atoms with Gasteiger partial charge in [-0.15, -0.1) is 0 Å². The van der Waals surface area contributed by atoms with Crippen molar-refractivity contribution in [2.45, 2.75) is 37.8 Å². The first-order valence-electron chi connectivity index (χ1n) is 8.29. The average Bonchev–Trinajstić information content (AvgIpc) is 2.94. The van der Waals surface area contributed by atoms with Gasteiger partial charge in [0.1, 0.15) is 5.75 Å². The van der Waals surface area contributed by atoms with Gasteiger partial charge >= 0.3 is 6.03 Å². The zero-order valence-corrected chi connectivity index (χ0v) is 14.8. The van der Waals surface area contributed by atoms with Crippen molar-refractivity contribution in [3.05, 3.63) is 24.3 Å². The second-order valence-electron chi connectivity index (χ2n) is 6.08. The molecule has 7 nitrogen and oxygen atoms in total. The number of amides is 4. The van der Waals surface area contributed by atoms with E-state index in [0.717, 1.165) is 37.4 Å². The summed E-state index contributed by atoms with van der Waals surface area (Å²) in [6, 6.07) is 6.26. The van der Waals surface area contributed by atoms with Crippen LogP contribution in [0.15, 0.2) is 24.3 Å². The van der Waals surface area contributed by atoms with E-state index in [0.29, 0.717) is 11.4 Å². The highest BCUT2D eigenvalue weighted by atomic mass is 32.2. The molecule has 1 aliphatic carbocycles. The van der Waals surface area contributed by atoms with Crippen LogP contribution in [0.4, 0.5) is 15.3 Å². The van der Waals surface area contributed by atoms with Crippen LogP contribution in [-0.2, 0) is 4.79 Å². The third-order valence-corrected chi connectivity index (χ3v) is 5.35. The molecule has 2 fully saturated rings. The Morgan fingerprint density at radius 3 is 2.72 bits per heavy atom. The van der Waals surface area contributed by atoms with E-state index in [4.69, 9.17) is 4.74 Å². The van der Waals surface area contributed by atoms with Crippen molar-refractivity contribution in [2.75, 3.05) is 18.2 Å². The van der Waals surface area contributed by atoms with Crippen molar-refractivity contribution in [3.63, 3.8) is 0 Å². The molecular formula is C17H21N3O4S. The van der Waals surface area contributed by atoms with E-state index in [1.165, 1.54) is 12.0 Å². The van der Waals surface area contributed by atoms with E-state index < -0.39 is 0 Å². The van der Waals surface area contributed by atoms with Gasteiger partial charge in [-0.25, -0.2) is 4.79 Å². The van der Waals surface area contributed by atoms with Gasteiger partial charge in [0.05, 0.1) is 30.6 Å². The van der Waals surface area contributed by atoms with Crippen LogP contribution < -0.4 is 15.4 Å². The highest BCUT2D eigenvalue weighted by molar-refractivity contribution is 8.14. The van der Waals surface area contributed by atoms with Crippen LogP contribution in [0.5, 0.6) is 5.75 Å². The van der Waals surface area contributed by atoms with Crippen molar-refractivity contribution in [2.24, 2.45) is 0 Å². The van der Waals surface area contributed by atoms with Crippen LogP contribution in [0.2, 0.25) is 0 Å². The molecule has 1 aliphatic heterocycles. The van der Waals surface area contributed by atoms with Crippen LogP contribution in [0.25, 0.3) is 0 Å². The van der Waals surface area contributed by atoms with E-state index in [9.17, 15) is 14.4 Å². The number of hydrogen-bond donors (Lipinski definition) is 2. The summed E-state index contributed by atoms with van der Waals surface area (Å²) in [6.45, 7) is 0. The number of nitrogens with zero attached hydrogens (tertiary/aromatic N) is 1. The molecule has 25 heavy (non-hydrogen) atoms. The van der Waals surface area contributed by atoms with Gasteiger partial charge in [-0.05, 0) is 25.0 Å². The molecule has 134 valence electrons. The number of methoxy groups -OCH3 is 1. The van der Waals surface area contributed by atoms with Gasteiger partial charge in [-0.1, -0.05) is 36.7 Å². The van der Waals surface area contributed by atoms with E-state index >= 15 is 0 Å². The maximum atomic E-state index is 12.4. The lowest BCUT2D eigenvalue weighted by molar-refractivity contribution is -0.127. The second kappa shape index (κ2) is 7.77. The van der Waals surface area contributed by atoms with Crippen molar-refractivity contribution in [3.8, 4) is 5.75 Å². The van der Waals surface area contributed by atoms with Crippen molar-refractivity contribution >= 4 is 34.6 Å². The minimum absolute atomic E-state index is 0.168. The van der Waals surface area contributed by atoms with Gasteiger partial charge in [0.25, 0.3) is 5.24 Å². The van der Waals surface area contributed by atoms with Crippen LogP contribution in [0.1, 0.15) is 25.7 Å². The average molecular weight is 363 g/mol. The number of hydrogen-bond acceptors (Lipinski definition) is 5. The summed E-state index contributed by atoms with van der Waals surface area (Å²) in [5.41, 5.74) is 0.568. The fourth-order valence-electron chi connectivity index (χ4n) is 3.35. The topological polar surface area (TPSA) is 87.7 Å². The molecule has 1 saturated heterocycles. The Kier molecular flexibility index (Phi) is 5.47. The number of benzene rings is 1. The van der Waals surface area contributed by atoms with Crippen LogP contribution in [-0.4, -0.2) is 47.0 Å². The Hall–Kier alpha value is -2.22. The Bertz CT molecular complexity index is 666. The summed E-state index contributed by atoms with van der Waals surface area (Å²) in [5, 5.41) is 5.49. The number of carbonyl (C=O) groups is 3. The number of ether oxygens (including phenoxy) is 1. The molecule has 2 unspecified atom stereocenters. The molecule has 0 spiro atoms. The number of carbonyl (C=O) groups excluding carboxylic acids is 3. The van der Waals surface area contributed by atoms with Gasteiger partial charge in [0, 0.05) is 0 Å². The molecule has 8 heteroatoms. The molecule has 1 aromatic rings. The normalized spacial score (nSPS) is 23.5. The van der Waals surface area contributed by atoms with Gasteiger partial charge in [0.15, 0.2) is 0 Å². The number of para-hydroxylation sites is 2. The van der Waals surface area contributed by atoms with Crippen molar-refractivity contribution in [1.82, 2.24) is 10.2 Å². The standard InChI is InChI=1S/C17H21N3O4S/c1-24-14-9-5-3-7-12(14)19-16(22)18-11-6-2-4-8-13(11)20-15(21)10-25-17(20)23/h3,5,7,9,11,13H,2,4,6,8,10H2,1H3,(H2,18,19,22). The van der Waals surface area contributed by atoms with Crippen LogP contribution in [0.3, 0.4) is 0 Å². The SMILES string of the molecule is COc1ccccc1NC(=O)NC1CCCCC1N1C(=O)CSC1=O. The third-order valence-electron chi connectivity index (χ3n) is 4.52. The lowest BCUT2D eigenvalue weighted by atomic mass is 9.89. The molecular weight excluding hydrogens is 342 g/mol. The number of thioether (sulfide) groups is 1. The quantitative estimate of drug-likeness (QED) is 0.859. The molecule has 3 rings (SSSR count). The predicted octanol–water partition coefficient (Wildman–Crippen LogP) is 2.82. The smallest absolute Gasteiger partial charge is 0.319 e. The molecule has 2 aliphatic rings. The van der Waals surface area contributed by atoms with Gasteiger partial charge in [0.2, 0.25) is 5.91 Å². The van der Waals surface area contributed by atoms with E-state index in [1.807, 2.05) is 6.07 Å². The molecule has 1 saturated carbocycles. The van der Waals surface area contributed by atoms with Crippen molar-refractivity contribution < 1.29 is 19.1 Å². The highest BCUT2D eigenvalue weighted by Crippen LogP contribution is 2.30. The molecule has 2 atom stereocenters. The Morgan fingerprint density at radius 2 is 2.00 bits per heavy atom. The molecule has 2 N–H and O–H groups in total. The van der Waals surface area contributed by atoms with Crippen molar-refractivity contribution in [1.29, 1.82) is 0 Å². The summed E-state index contributed by atoms with van der Waals surface area (Å²) < 4.78 is 5.22. The number of nitrogens with one attached hydrogen (secondary N) is 2. The summed E-state index contributed by atoms with van der Waals surface area (Å²) in [7, 11) is 1.54. The number of anilines is 1. The summed E-state index contributed by atoms with van der Waals surface area (Å²) in [5.74, 6) is 0.591. The minimum Gasteiger partial charge on any atom is -0.495 e. The van der Waals surface area contributed by atoms with Gasteiger partial charge in [-0.2, -0.15) is 0 Å². The van der Waals surface area contributed by atoms with E-state index in [-0.39, 0.29) is 35.0 Å². The first-order valence-corrected chi connectivity index (χ1v) is 9.28. The van der Waals surface area contributed by atoms with E-state index in [2.05, 4.69) is 10.6 Å². The first-order chi connectivity index (χ1) is 12.1. The Labute approximate surface area is 150 Å². The van der Waals surface area contributed by atoms with Crippen LogP contribution >= 0.6 is 11.8 Å². The Balaban J connectivity index is 1.68. The molecule has 0 radical (unpaired) electrons. The minimum atomic E-state index is -0.367. The molecule has 0 bridgehead atoms. The Morgan fingerprint density at radius 1 is 1.24 bits per heavy atom. The zero-order valence-electron chi connectivity index (χ0n) is 14.0. The molecule has 0 aromatic heterocycles. The third kappa shape index (κ3) is 3.89. The number of rotatable bonds is 4. The monoisotopic (exact) mass is 363 g/mol. The molecule has 1 aromatic carbocycles. The zero-order chi connectivity index (χ0) is 17.8.